The highest BCUT2D eigenvalue weighted by molar-refractivity contribution is 7.99. The molecule has 0 aromatic heterocycles. The molecule has 0 atom stereocenters. The Balaban J connectivity index is 1.94. The van der Waals surface area contributed by atoms with E-state index in [4.69, 9.17) is 4.74 Å². The van der Waals surface area contributed by atoms with E-state index >= 15 is 0 Å². The predicted molar refractivity (Wildman–Crippen MR) is 68.6 cm³/mol. The molecule has 3 rings (SSSR count). The van der Waals surface area contributed by atoms with Crippen LogP contribution in [0.15, 0.2) is 23.1 Å². The van der Waals surface area contributed by atoms with Gasteiger partial charge in [-0.1, -0.05) is 6.42 Å². The maximum absolute atomic E-state index is 12.2. The van der Waals surface area contributed by atoms with Gasteiger partial charge in [0.15, 0.2) is 0 Å². The Bertz CT molecular complexity index is 468. The van der Waals surface area contributed by atoms with E-state index in [2.05, 4.69) is 5.32 Å². The summed E-state index contributed by atoms with van der Waals surface area (Å²) in [4.78, 5) is 13.4. The fourth-order valence-electron chi connectivity index (χ4n) is 2.37. The number of nitrogens with one attached hydrogen (secondary N) is 1. The molecule has 1 aliphatic heterocycles. The lowest BCUT2D eigenvalue weighted by atomic mass is 9.69. The Labute approximate surface area is 105 Å². The number of rotatable bonds is 1. The smallest absolute Gasteiger partial charge is 0.231 e. The molecule has 4 heteroatoms. The number of carbonyl (C=O) groups is 1. The molecule has 0 radical (unpaired) electrons. The van der Waals surface area contributed by atoms with E-state index in [0.717, 1.165) is 34.9 Å². The van der Waals surface area contributed by atoms with Crippen molar-refractivity contribution in [2.24, 2.45) is 5.41 Å². The van der Waals surface area contributed by atoms with Gasteiger partial charge in [-0.2, -0.15) is 0 Å². The van der Waals surface area contributed by atoms with E-state index in [1.165, 1.54) is 6.42 Å². The van der Waals surface area contributed by atoms with E-state index in [-0.39, 0.29) is 11.3 Å². The number of carbonyl (C=O) groups excluding carboxylic acids is 1. The summed E-state index contributed by atoms with van der Waals surface area (Å²) in [6.07, 6.45) is 3.22. The monoisotopic (exact) mass is 249 g/mol. The minimum atomic E-state index is -0.114. The van der Waals surface area contributed by atoms with Gasteiger partial charge in [0.1, 0.15) is 5.75 Å². The number of benzene rings is 1. The van der Waals surface area contributed by atoms with Gasteiger partial charge in [-0.25, -0.2) is 0 Å². The Morgan fingerprint density at radius 1 is 1.41 bits per heavy atom. The van der Waals surface area contributed by atoms with Crippen molar-refractivity contribution >= 4 is 23.4 Å². The van der Waals surface area contributed by atoms with Crippen LogP contribution in [-0.2, 0) is 4.79 Å². The molecule has 0 unspecified atom stereocenters. The molecule has 17 heavy (non-hydrogen) atoms. The van der Waals surface area contributed by atoms with Crippen molar-refractivity contribution in [3.8, 4) is 5.75 Å². The second-order valence-electron chi connectivity index (χ2n) is 4.74. The van der Waals surface area contributed by atoms with Crippen LogP contribution in [0.5, 0.6) is 5.75 Å². The van der Waals surface area contributed by atoms with Crippen molar-refractivity contribution in [1.82, 2.24) is 0 Å². The van der Waals surface area contributed by atoms with Crippen LogP contribution in [0.3, 0.4) is 0 Å². The van der Waals surface area contributed by atoms with Crippen molar-refractivity contribution in [1.29, 1.82) is 0 Å². The summed E-state index contributed by atoms with van der Waals surface area (Å²) in [5.74, 6) is 1.87. The van der Waals surface area contributed by atoms with Crippen LogP contribution in [-0.4, -0.2) is 18.8 Å². The van der Waals surface area contributed by atoms with E-state index in [1.54, 1.807) is 18.9 Å². The minimum Gasteiger partial charge on any atom is -0.497 e. The molecule has 1 aromatic rings. The lowest BCUT2D eigenvalue weighted by molar-refractivity contribution is -0.128. The fraction of sp³-hybridized carbons (Fsp3) is 0.462. The molecule has 1 spiro atoms. The topological polar surface area (TPSA) is 38.3 Å². The highest BCUT2D eigenvalue weighted by Crippen LogP contribution is 2.49. The molecule has 1 heterocycles. The predicted octanol–water partition coefficient (Wildman–Crippen LogP) is 2.91. The van der Waals surface area contributed by atoms with Crippen LogP contribution in [0.1, 0.15) is 19.3 Å². The maximum atomic E-state index is 12.2. The number of thioether (sulfide) groups is 1. The summed E-state index contributed by atoms with van der Waals surface area (Å²) in [6, 6.07) is 5.87. The summed E-state index contributed by atoms with van der Waals surface area (Å²) >= 11 is 1.78. The highest BCUT2D eigenvalue weighted by Gasteiger charge is 2.45. The van der Waals surface area contributed by atoms with Crippen LogP contribution in [0, 0.1) is 5.41 Å². The van der Waals surface area contributed by atoms with E-state index in [1.807, 2.05) is 18.2 Å². The van der Waals surface area contributed by atoms with Gasteiger partial charge in [-0.15, -0.1) is 11.8 Å². The quantitative estimate of drug-likeness (QED) is 0.831. The molecule has 1 fully saturated rings. The molecule has 0 saturated heterocycles. The lowest BCUT2D eigenvalue weighted by Crippen LogP contribution is -2.43. The minimum absolute atomic E-state index is 0.114. The van der Waals surface area contributed by atoms with E-state index in [0.29, 0.717) is 0 Å². The zero-order chi connectivity index (χ0) is 11.9. The second kappa shape index (κ2) is 3.95. The number of methoxy groups -OCH3 is 1. The third-order valence-electron chi connectivity index (χ3n) is 3.73. The van der Waals surface area contributed by atoms with Gasteiger partial charge in [0.25, 0.3) is 0 Å². The Kier molecular flexibility index (Phi) is 2.54. The average molecular weight is 249 g/mol. The first kappa shape index (κ1) is 11.0. The fourth-order valence-corrected chi connectivity index (χ4v) is 3.65. The van der Waals surface area contributed by atoms with Gasteiger partial charge in [0, 0.05) is 16.7 Å². The average Bonchev–Trinajstić information content (AvgIpc) is 2.43. The van der Waals surface area contributed by atoms with Gasteiger partial charge in [0.2, 0.25) is 5.91 Å². The molecule has 1 saturated carbocycles. The zero-order valence-corrected chi connectivity index (χ0v) is 10.6. The SMILES string of the molecule is COc1ccc2c(c1)NC(=O)C1(CCC1)CS2. The van der Waals surface area contributed by atoms with Gasteiger partial charge in [0.05, 0.1) is 18.2 Å². The molecule has 1 amide bonds. The van der Waals surface area contributed by atoms with Crippen molar-refractivity contribution in [3.05, 3.63) is 18.2 Å². The van der Waals surface area contributed by atoms with Crippen molar-refractivity contribution in [2.75, 3.05) is 18.2 Å². The first-order chi connectivity index (χ1) is 8.23. The molecule has 2 aliphatic rings. The third kappa shape index (κ3) is 1.71. The lowest BCUT2D eigenvalue weighted by Gasteiger charge is -2.38. The number of anilines is 1. The van der Waals surface area contributed by atoms with Gasteiger partial charge < -0.3 is 10.1 Å². The summed E-state index contributed by atoms with van der Waals surface area (Å²) < 4.78 is 5.19. The molecule has 0 bridgehead atoms. The molecule has 3 nitrogen and oxygen atoms in total. The van der Waals surface area contributed by atoms with E-state index in [9.17, 15) is 4.79 Å². The maximum Gasteiger partial charge on any atom is 0.231 e. The van der Waals surface area contributed by atoms with Crippen molar-refractivity contribution in [2.45, 2.75) is 24.2 Å². The molecule has 1 aliphatic carbocycles. The normalized spacial score (nSPS) is 21.1. The van der Waals surface area contributed by atoms with Gasteiger partial charge >= 0.3 is 0 Å². The van der Waals surface area contributed by atoms with Gasteiger partial charge in [-0.3, -0.25) is 4.79 Å². The summed E-state index contributed by atoms with van der Waals surface area (Å²) in [7, 11) is 1.64. The summed E-state index contributed by atoms with van der Waals surface area (Å²) in [5.41, 5.74) is 0.778. The molecule has 90 valence electrons. The Hall–Kier alpha value is -1.16. The van der Waals surface area contributed by atoms with E-state index < -0.39 is 0 Å². The summed E-state index contributed by atoms with van der Waals surface area (Å²) in [5, 5.41) is 3.05. The first-order valence-electron chi connectivity index (χ1n) is 5.86. The standard InChI is InChI=1S/C13H15NO2S/c1-16-9-3-4-11-10(7-9)14-12(15)13(8-17-11)5-2-6-13/h3-4,7H,2,5-6,8H2,1H3,(H,14,15). The number of hydrogen-bond acceptors (Lipinski definition) is 3. The molecule has 1 aromatic carbocycles. The number of ether oxygens (including phenoxy) is 1. The number of hydrogen-bond donors (Lipinski definition) is 1. The number of amides is 1. The van der Waals surface area contributed by atoms with Crippen LogP contribution < -0.4 is 10.1 Å². The zero-order valence-electron chi connectivity index (χ0n) is 9.79. The second-order valence-corrected chi connectivity index (χ2v) is 5.76. The largest absolute Gasteiger partial charge is 0.497 e. The van der Waals surface area contributed by atoms with Crippen LogP contribution in [0.25, 0.3) is 0 Å². The van der Waals surface area contributed by atoms with Crippen molar-refractivity contribution < 1.29 is 9.53 Å². The van der Waals surface area contributed by atoms with Crippen molar-refractivity contribution in [3.63, 3.8) is 0 Å². The van der Waals surface area contributed by atoms with Crippen LogP contribution >= 0.6 is 11.8 Å². The first-order valence-corrected chi connectivity index (χ1v) is 6.84. The third-order valence-corrected chi connectivity index (χ3v) is 5.10. The van der Waals surface area contributed by atoms with Crippen LogP contribution in [0.2, 0.25) is 0 Å². The van der Waals surface area contributed by atoms with Crippen LogP contribution in [0.4, 0.5) is 5.69 Å². The Morgan fingerprint density at radius 3 is 2.88 bits per heavy atom. The highest BCUT2D eigenvalue weighted by atomic mass is 32.2. The molecular formula is C13H15NO2S. The number of fused-ring (bicyclic) bond motifs is 1. The summed E-state index contributed by atoms with van der Waals surface area (Å²) in [6.45, 7) is 0. The molecular weight excluding hydrogens is 234 g/mol. The Morgan fingerprint density at radius 2 is 2.24 bits per heavy atom. The van der Waals surface area contributed by atoms with Gasteiger partial charge in [-0.05, 0) is 25.0 Å². The molecule has 1 N–H and O–H groups in total.